The first-order valence-corrected chi connectivity index (χ1v) is 10.9. The minimum atomic E-state index is -0.261. The van der Waals surface area contributed by atoms with Gasteiger partial charge >= 0.3 is 5.97 Å². The minimum Gasteiger partial charge on any atom is -0.493 e. The lowest BCUT2D eigenvalue weighted by Crippen LogP contribution is -2.44. The number of likely N-dealkylation sites (N-methyl/N-ethyl adjacent to an activating group) is 1. The van der Waals surface area contributed by atoms with Crippen molar-refractivity contribution in [2.45, 2.75) is 52.0 Å². The van der Waals surface area contributed by atoms with Crippen LogP contribution in [0, 0.1) is 0 Å². The molecule has 1 amide bonds. The van der Waals surface area contributed by atoms with Crippen molar-refractivity contribution in [1.29, 1.82) is 0 Å². The summed E-state index contributed by atoms with van der Waals surface area (Å²) in [6, 6.07) is 6.05. The number of amides is 1. The summed E-state index contributed by atoms with van der Waals surface area (Å²) in [5, 5.41) is 0. The van der Waals surface area contributed by atoms with Gasteiger partial charge in [0, 0.05) is 25.6 Å². The van der Waals surface area contributed by atoms with E-state index < -0.39 is 0 Å². The summed E-state index contributed by atoms with van der Waals surface area (Å²) in [6.45, 7) is 7.39. The molecule has 7 heteroatoms. The first-order chi connectivity index (χ1) is 14.5. The van der Waals surface area contributed by atoms with Gasteiger partial charge in [0.15, 0.2) is 11.5 Å². The van der Waals surface area contributed by atoms with Crippen molar-refractivity contribution in [1.82, 2.24) is 9.80 Å². The predicted octanol–water partition coefficient (Wildman–Crippen LogP) is 2.90. The van der Waals surface area contributed by atoms with Gasteiger partial charge in [0.25, 0.3) is 0 Å². The molecule has 1 unspecified atom stereocenters. The molecule has 1 atom stereocenters. The van der Waals surface area contributed by atoms with Crippen LogP contribution in [0.15, 0.2) is 18.2 Å². The SMILES string of the molecule is CCOC(=O)CCN(CC1CCCN1CC)C(=O)CCc1cccc(OC)c1OC. The predicted molar refractivity (Wildman–Crippen MR) is 116 cm³/mol. The second-order valence-electron chi connectivity index (χ2n) is 7.47. The number of carbonyl (C=O) groups is 2. The van der Waals surface area contributed by atoms with E-state index in [2.05, 4.69) is 11.8 Å². The van der Waals surface area contributed by atoms with E-state index in [9.17, 15) is 9.59 Å². The standard InChI is InChI=1S/C23H36N2O5/c1-5-24-15-8-10-19(24)17-25(16-14-22(27)30-6-2)21(26)13-12-18-9-7-11-20(28-3)23(18)29-4/h7,9,11,19H,5-6,8,10,12-17H2,1-4H3. The number of likely N-dealkylation sites (tertiary alicyclic amines) is 1. The number of rotatable bonds is 12. The number of esters is 1. The van der Waals surface area contributed by atoms with Crippen LogP contribution in [-0.2, 0) is 20.7 Å². The summed E-state index contributed by atoms with van der Waals surface area (Å²) in [5.74, 6) is 1.11. The van der Waals surface area contributed by atoms with E-state index in [1.54, 1.807) is 21.1 Å². The molecule has 1 aliphatic heterocycles. The Balaban J connectivity index is 2.05. The highest BCUT2D eigenvalue weighted by Crippen LogP contribution is 2.31. The molecule has 0 radical (unpaired) electrons. The average molecular weight is 421 g/mol. The summed E-state index contributed by atoms with van der Waals surface area (Å²) >= 11 is 0. The lowest BCUT2D eigenvalue weighted by molar-refractivity contribution is -0.144. The van der Waals surface area contributed by atoms with Crippen LogP contribution in [0.4, 0.5) is 0 Å². The topological polar surface area (TPSA) is 68.3 Å². The molecular formula is C23H36N2O5. The molecule has 1 heterocycles. The van der Waals surface area contributed by atoms with E-state index in [-0.39, 0.29) is 18.3 Å². The monoisotopic (exact) mass is 420 g/mol. The molecule has 0 bridgehead atoms. The van der Waals surface area contributed by atoms with Crippen molar-refractivity contribution in [2.24, 2.45) is 0 Å². The molecule has 0 saturated carbocycles. The Morgan fingerprint density at radius 1 is 1.17 bits per heavy atom. The van der Waals surface area contributed by atoms with Gasteiger partial charge in [-0.3, -0.25) is 14.5 Å². The van der Waals surface area contributed by atoms with Gasteiger partial charge in [0.1, 0.15) is 0 Å². The van der Waals surface area contributed by atoms with Gasteiger partial charge in [0.2, 0.25) is 5.91 Å². The van der Waals surface area contributed by atoms with Crippen LogP contribution in [0.1, 0.15) is 45.1 Å². The zero-order valence-corrected chi connectivity index (χ0v) is 18.8. The number of carbonyl (C=O) groups excluding carboxylic acids is 2. The fourth-order valence-electron chi connectivity index (χ4n) is 4.10. The maximum Gasteiger partial charge on any atom is 0.307 e. The van der Waals surface area contributed by atoms with Crippen molar-refractivity contribution in [3.8, 4) is 11.5 Å². The fourth-order valence-corrected chi connectivity index (χ4v) is 4.10. The van der Waals surface area contributed by atoms with Gasteiger partial charge in [0.05, 0.1) is 27.2 Å². The molecule has 1 aliphatic rings. The molecule has 0 aromatic heterocycles. The number of hydrogen-bond acceptors (Lipinski definition) is 6. The maximum atomic E-state index is 13.1. The molecule has 1 aromatic rings. The lowest BCUT2D eigenvalue weighted by Gasteiger charge is -2.30. The summed E-state index contributed by atoms with van der Waals surface area (Å²) in [5.41, 5.74) is 0.937. The number of benzene rings is 1. The Kier molecular flexibility index (Phi) is 9.94. The Morgan fingerprint density at radius 2 is 1.97 bits per heavy atom. The molecule has 0 N–H and O–H groups in total. The highest BCUT2D eigenvalue weighted by atomic mass is 16.5. The normalized spacial score (nSPS) is 16.3. The van der Waals surface area contributed by atoms with E-state index in [1.165, 1.54) is 0 Å². The van der Waals surface area contributed by atoms with Gasteiger partial charge in [-0.2, -0.15) is 0 Å². The Labute approximate surface area is 180 Å². The van der Waals surface area contributed by atoms with Crippen LogP contribution >= 0.6 is 0 Å². The summed E-state index contributed by atoms with van der Waals surface area (Å²) in [6.07, 6.45) is 3.36. The lowest BCUT2D eigenvalue weighted by atomic mass is 10.1. The van der Waals surface area contributed by atoms with Crippen LogP contribution in [0.5, 0.6) is 11.5 Å². The van der Waals surface area contributed by atoms with Crippen molar-refractivity contribution in [2.75, 3.05) is 47.0 Å². The first-order valence-electron chi connectivity index (χ1n) is 10.9. The zero-order valence-electron chi connectivity index (χ0n) is 18.8. The Morgan fingerprint density at radius 3 is 2.63 bits per heavy atom. The molecule has 1 saturated heterocycles. The van der Waals surface area contributed by atoms with Gasteiger partial charge in [-0.15, -0.1) is 0 Å². The van der Waals surface area contributed by atoms with Crippen LogP contribution < -0.4 is 9.47 Å². The summed E-state index contributed by atoms with van der Waals surface area (Å²) in [4.78, 5) is 29.2. The number of nitrogens with zero attached hydrogens (tertiary/aromatic N) is 2. The zero-order chi connectivity index (χ0) is 21.9. The average Bonchev–Trinajstić information content (AvgIpc) is 3.21. The van der Waals surface area contributed by atoms with Crippen LogP contribution in [-0.4, -0.2) is 74.7 Å². The Hall–Kier alpha value is -2.28. The fraction of sp³-hybridized carbons (Fsp3) is 0.652. The van der Waals surface area contributed by atoms with Crippen molar-refractivity contribution in [3.05, 3.63) is 23.8 Å². The van der Waals surface area contributed by atoms with Crippen molar-refractivity contribution >= 4 is 11.9 Å². The van der Waals surface area contributed by atoms with Gasteiger partial charge in [-0.25, -0.2) is 0 Å². The van der Waals surface area contributed by atoms with Gasteiger partial charge in [-0.1, -0.05) is 19.1 Å². The van der Waals surface area contributed by atoms with Crippen LogP contribution in [0.3, 0.4) is 0 Å². The number of methoxy groups -OCH3 is 2. The van der Waals surface area contributed by atoms with Crippen LogP contribution in [0.2, 0.25) is 0 Å². The van der Waals surface area contributed by atoms with E-state index in [4.69, 9.17) is 14.2 Å². The molecule has 7 nitrogen and oxygen atoms in total. The molecule has 30 heavy (non-hydrogen) atoms. The molecule has 1 fully saturated rings. The van der Waals surface area contributed by atoms with Crippen molar-refractivity contribution in [3.63, 3.8) is 0 Å². The van der Waals surface area contributed by atoms with Crippen LogP contribution in [0.25, 0.3) is 0 Å². The molecule has 0 aliphatic carbocycles. The van der Waals surface area contributed by atoms with E-state index in [0.29, 0.717) is 50.1 Å². The third-order valence-electron chi connectivity index (χ3n) is 5.67. The molecule has 2 rings (SSSR count). The molecular weight excluding hydrogens is 384 g/mol. The van der Waals surface area contributed by atoms with Crippen molar-refractivity contribution < 1.29 is 23.8 Å². The third-order valence-corrected chi connectivity index (χ3v) is 5.67. The summed E-state index contributed by atoms with van der Waals surface area (Å²) in [7, 11) is 3.21. The van der Waals surface area contributed by atoms with Gasteiger partial charge < -0.3 is 19.1 Å². The Bertz CT molecular complexity index is 694. The highest BCUT2D eigenvalue weighted by molar-refractivity contribution is 5.77. The number of ether oxygens (including phenoxy) is 3. The van der Waals surface area contributed by atoms with E-state index in [0.717, 1.165) is 31.5 Å². The van der Waals surface area contributed by atoms with Gasteiger partial charge in [-0.05, 0) is 50.9 Å². The minimum absolute atomic E-state index is 0.0483. The molecule has 1 aromatic carbocycles. The quantitative estimate of drug-likeness (QED) is 0.485. The maximum absolute atomic E-state index is 13.1. The second-order valence-corrected chi connectivity index (χ2v) is 7.47. The highest BCUT2D eigenvalue weighted by Gasteiger charge is 2.27. The summed E-state index contributed by atoms with van der Waals surface area (Å²) < 4.78 is 15.9. The smallest absolute Gasteiger partial charge is 0.307 e. The number of aryl methyl sites for hydroxylation is 1. The number of hydrogen-bond donors (Lipinski definition) is 0. The largest absolute Gasteiger partial charge is 0.493 e. The molecule has 0 spiro atoms. The van der Waals surface area contributed by atoms with E-state index in [1.807, 2.05) is 23.1 Å². The molecule has 168 valence electrons. The van der Waals surface area contributed by atoms with E-state index >= 15 is 0 Å². The second kappa shape index (κ2) is 12.4. The number of para-hydroxylation sites is 1. The first kappa shape index (κ1) is 24.0. The third kappa shape index (κ3) is 6.62.